The van der Waals surface area contributed by atoms with Gasteiger partial charge in [0.1, 0.15) is 17.2 Å². The number of rotatable bonds is 6. The number of benzene rings is 2. The second-order valence-corrected chi connectivity index (χ2v) is 6.35. The molecule has 6 heteroatoms. The van der Waals surface area contributed by atoms with Gasteiger partial charge in [0.15, 0.2) is 0 Å². The van der Waals surface area contributed by atoms with Crippen LogP contribution in [-0.4, -0.2) is 11.6 Å². The molecule has 124 valence electrons. The van der Waals surface area contributed by atoms with Crippen LogP contribution in [0.5, 0.6) is 27.5 Å². The molecule has 1 heterocycles. The van der Waals surface area contributed by atoms with Crippen LogP contribution < -0.4 is 14.2 Å². The molecule has 0 bridgehead atoms. The Morgan fingerprint density at radius 3 is 2.50 bits per heavy atom. The lowest BCUT2D eigenvalue weighted by molar-refractivity contribution is 0.339. The molecule has 0 aliphatic carbocycles. The quantitative estimate of drug-likeness (QED) is 0.532. The van der Waals surface area contributed by atoms with Crippen molar-refractivity contribution in [2.75, 3.05) is 6.61 Å². The van der Waals surface area contributed by atoms with E-state index >= 15 is 0 Å². The van der Waals surface area contributed by atoms with E-state index in [-0.39, 0.29) is 0 Å². The molecule has 24 heavy (non-hydrogen) atoms. The molecule has 3 aromatic rings. The SMILES string of the molecule is CCOc1ccc(Oc2ncc(Oc3ccc(C)cc3)s2)c(Cl)c1. The summed E-state index contributed by atoms with van der Waals surface area (Å²) in [7, 11) is 0. The summed E-state index contributed by atoms with van der Waals surface area (Å²) in [4.78, 5) is 4.21. The van der Waals surface area contributed by atoms with Gasteiger partial charge in [0.25, 0.3) is 5.19 Å². The first kappa shape index (κ1) is 16.6. The van der Waals surface area contributed by atoms with Gasteiger partial charge in [0.2, 0.25) is 5.06 Å². The monoisotopic (exact) mass is 361 g/mol. The van der Waals surface area contributed by atoms with E-state index in [0.29, 0.717) is 33.4 Å². The van der Waals surface area contributed by atoms with Gasteiger partial charge in [0, 0.05) is 6.07 Å². The number of hydrogen-bond acceptors (Lipinski definition) is 5. The van der Waals surface area contributed by atoms with Crippen molar-refractivity contribution >= 4 is 22.9 Å². The van der Waals surface area contributed by atoms with Crippen molar-refractivity contribution in [3.63, 3.8) is 0 Å². The summed E-state index contributed by atoms with van der Waals surface area (Å²) in [6.45, 7) is 4.54. The van der Waals surface area contributed by atoms with E-state index in [1.165, 1.54) is 16.9 Å². The Morgan fingerprint density at radius 1 is 1.04 bits per heavy atom. The molecular formula is C18H16ClNO3S. The predicted octanol–water partition coefficient (Wildman–Crippen LogP) is 6.09. The lowest BCUT2D eigenvalue weighted by Gasteiger charge is -2.07. The van der Waals surface area contributed by atoms with E-state index in [4.69, 9.17) is 25.8 Å². The number of aryl methyl sites for hydroxylation is 1. The van der Waals surface area contributed by atoms with Crippen LogP contribution >= 0.6 is 22.9 Å². The van der Waals surface area contributed by atoms with Gasteiger partial charge >= 0.3 is 0 Å². The number of aromatic nitrogens is 1. The fraction of sp³-hybridized carbons (Fsp3) is 0.167. The van der Waals surface area contributed by atoms with E-state index < -0.39 is 0 Å². The first-order valence-electron chi connectivity index (χ1n) is 7.44. The molecule has 2 aromatic carbocycles. The molecule has 0 spiro atoms. The van der Waals surface area contributed by atoms with Crippen LogP contribution in [0.25, 0.3) is 0 Å². The largest absolute Gasteiger partial charge is 0.494 e. The lowest BCUT2D eigenvalue weighted by Crippen LogP contribution is -1.91. The van der Waals surface area contributed by atoms with Crippen LogP contribution in [0, 0.1) is 6.92 Å². The van der Waals surface area contributed by atoms with Crippen LogP contribution in [0.15, 0.2) is 48.7 Å². The molecule has 1 aromatic heterocycles. The van der Waals surface area contributed by atoms with Crippen LogP contribution in [0.3, 0.4) is 0 Å². The Kier molecular flexibility index (Phi) is 5.23. The average Bonchev–Trinajstić information content (AvgIpc) is 3.00. The molecular weight excluding hydrogens is 346 g/mol. The second-order valence-electron chi connectivity index (χ2n) is 4.99. The highest BCUT2D eigenvalue weighted by Crippen LogP contribution is 2.37. The maximum atomic E-state index is 6.21. The number of hydrogen-bond donors (Lipinski definition) is 0. The Labute approximate surface area is 149 Å². The Morgan fingerprint density at radius 2 is 1.79 bits per heavy atom. The molecule has 0 amide bonds. The van der Waals surface area contributed by atoms with Gasteiger partial charge in [-0.2, -0.15) is 0 Å². The summed E-state index contributed by atoms with van der Waals surface area (Å²) in [6.07, 6.45) is 1.63. The van der Waals surface area contributed by atoms with E-state index in [2.05, 4.69) is 4.98 Å². The average molecular weight is 362 g/mol. The molecule has 0 fully saturated rings. The third-order valence-electron chi connectivity index (χ3n) is 3.11. The Hall–Kier alpha value is -2.24. The molecule has 0 N–H and O–H groups in total. The minimum absolute atomic E-state index is 0.461. The van der Waals surface area contributed by atoms with Crippen molar-refractivity contribution in [2.24, 2.45) is 0 Å². The van der Waals surface area contributed by atoms with Crippen molar-refractivity contribution in [3.05, 3.63) is 59.2 Å². The fourth-order valence-corrected chi connectivity index (χ4v) is 2.84. The summed E-state index contributed by atoms with van der Waals surface area (Å²) in [5, 5.41) is 1.58. The predicted molar refractivity (Wildman–Crippen MR) is 96.1 cm³/mol. The number of ether oxygens (including phenoxy) is 3. The van der Waals surface area contributed by atoms with Crippen molar-refractivity contribution in [1.29, 1.82) is 0 Å². The van der Waals surface area contributed by atoms with E-state index in [1.807, 2.05) is 44.2 Å². The molecule has 0 saturated carbocycles. The molecule has 0 radical (unpaired) electrons. The second kappa shape index (κ2) is 7.55. The minimum Gasteiger partial charge on any atom is -0.494 e. The van der Waals surface area contributed by atoms with E-state index in [9.17, 15) is 0 Å². The summed E-state index contributed by atoms with van der Waals surface area (Å²) in [6, 6.07) is 13.1. The van der Waals surface area contributed by atoms with Crippen molar-refractivity contribution in [2.45, 2.75) is 13.8 Å². The zero-order valence-corrected chi connectivity index (χ0v) is 14.9. The van der Waals surface area contributed by atoms with Crippen molar-refractivity contribution < 1.29 is 14.2 Å². The Balaban J connectivity index is 1.68. The number of halogens is 1. The van der Waals surface area contributed by atoms with Crippen molar-refractivity contribution in [1.82, 2.24) is 4.98 Å². The molecule has 0 atom stereocenters. The van der Waals surface area contributed by atoms with Gasteiger partial charge in [-0.1, -0.05) is 29.3 Å². The molecule has 0 unspecified atom stereocenters. The van der Waals surface area contributed by atoms with Gasteiger partial charge in [-0.15, -0.1) is 0 Å². The summed E-state index contributed by atoms with van der Waals surface area (Å²) in [5.41, 5.74) is 1.18. The first-order chi connectivity index (χ1) is 11.6. The fourth-order valence-electron chi connectivity index (χ4n) is 1.98. The molecule has 3 rings (SSSR count). The number of nitrogens with zero attached hydrogens (tertiary/aromatic N) is 1. The molecule has 0 aliphatic rings. The maximum Gasteiger partial charge on any atom is 0.282 e. The third kappa shape index (κ3) is 4.19. The molecule has 4 nitrogen and oxygen atoms in total. The molecule has 0 saturated heterocycles. The first-order valence-corrected chi connectivity index (χ1v) is 8.64. The van der Waals surface area contributed by atoms with Crippen LogP contribution in [0.2, 0.25) is 5.02 Å². The van der Waals surface area contributed by atoms with Gasteiger partial charge in [-0.05, 0) is 49.4 Å². The Bertz CT molecular complexity index is 817. The summed E-state index contributed by atoms with van der Waals surface area (Å²) >= 11 is 7.51. The minimum atomic E-state index is 0.461. The van der Waals surface area contributed by atoms with E-state index in [1.54, 1.807) is 18.3 Å². The van der Waals surface area contributed by atoms with Gasteiger partial charge in [-0.25, -0.2) is 4.98 Å². The van der Waals surface area contributed by atoms with Crippen LogP contribution in [0.4, 0.5) is 0 Å². The zero-order chi connectivity index (χ0) is 16.9. The van der Waals surface area contributed by atoms with Gasteiger partial charge < -0.3 is 14.2 Å². The normalized spacial score (nSPS) is 10.5. The smallest absolute Gasteiger partial charge is 0.282 e. The van der Waals surface area contributed by atoms with E-state index in [0.717, 1.165) is 5.75 Å². The topological polar surface area (TPSA) is 40.6 Å². The standard InChI is InChI=1S/C18H16ClNO3S/c1-3-21-14-8-9-16(15(19)10-14)23-18-20-11-17(24-18)22-13-6-4-12(2)5-7-13/h4-11H,3H2,1-2H3. The van der Waals surface area contributed by atoms with Crippen LogP contribution in [-0.2, 0) is 0 Å². The van der Waals surface area contributed by atoms with Crippen LogP contribution in [0.1, 0.15) is 12.5 Å². The summed E-state index contributed by atoms with van der Waals surface area (Å²) in [5.74, 6) is 1.99. The number of thiazole rings is 1. The highest BCUT2D eigenvalue weighted by molar-refractivity contribution is 7.15. The van der Waals surface area contributed by atoms with Gasteiger partial charge in [0.05, 0.1) is 17.8 Å². The molecule has 0 aliphatic heterocycles. The van der Waals surface area contributed by atoms with Crippen molar-refractivity contribution in [3.8, 4) is 27.5 Å². The summed E-state index contributed by atoms with van der Waals surface area (Å²) < 4.78 is 16.9. The maximum absolute atomic E-state index is 6.21. The third-order valence-corrected chi connectivity index (χ3v) is 4.16. The highest BCUT2D eigenvalue weighted by atomic mass is 35.5. The van der Waals surface area contributed by atoms with Gasteiger partial charge in [-0.3, -0.25) is 0 Å². The zero-order valence-electron chi connectivity index (χ0n) is 13.3. The lowest BCUT2D eigenvalue weighted by atomic mass is 10.2. The highest BCUT2D eigenvalue weighted by Gasteiger charge is 2.10.